The zero-order valence-corrected chi connectivity index (χ0v) is 10.7. The second-order valence-electron chi connectivity index (χ2n) is 4.61. The van der Waals surface area contributed by atoms with Gasteiger partial charge in [0.2, 0.25) is 5.91 Å². The Labute approximate surface area is 110 Å². The van der Waals surface area contributed by atoms with Crippen molar-refractivity contribution in [1.82, 2.24) is 14.8 Å². The predicted molar refractivity (Wildman–Crippen MR) is 71.5 cm³/mol. The molecule has 1 aliphatic heterocycles. The molecule has 0 aliphatic carbocycles. The minimum atomic E-state index is 0.0324. The molecule has 1 amide bonds. The number of nitrogens with two attached hydrogens (primary N) is 1. The summed E-state index contributed by atoms with van der Waals surface area (Å²) in [5.74, 6) is 1.57. The first-order valence-corrected chi connectivity index (χ1v) is 6.20. The number of aryl methyl sites for hydroxylation is 1. The van der Waals surface area contributed by atoms with Gasteiger partial charge in [0.15, 0.2) is 5.82 Å². The molecular formula is C13H15N5O. The van der Waals surface area contributed by atoms with Gasteiger partial charge in [0.05, 0.1) is 6.42 Å². The third-order valence-corrected chi connectivity index (χ3v) is 3.21. The molecular weight excluding hydrogens is 242 g/mol. The van der Waals surface area contributed by atoms with E-state index in [4.69, 9.17) is 5.73 Å². The number of rotatable bonds is 3. The third-order valence-electron chi connectivity index (χ3n) is 3.21. The average molecular weight is 257 g/mol. The van der Waals surface area contributed by atoms with Gasteiger partial charge < -0.3 is 11.1 Å². The quantitative estimate of drug-likeness (QED) is 0.837. The summed E-state index contributed by atoms with van der Waals surface area (Å²) in [7, 11) is 1.86. The molecule has 6 heteroatoms. The van der Waals surface area contributed by atoms with Crippen LogP contribution in [0.2, 0.25) is 0 Å². The van der Waals surface area contributed by atoms with E-state index in [1.165, 1.54) is 0 Å². The Morgan fingerprint density at radius 2 is 2.32 bits per heavy atom. The van der Waals surface area contributed by atoms with E-state index in [1.54, 1.807) is 4.68 Å². The molecule has 1 aromatic carbocycles. The second-order valence-corrected chi connectivity index (χ2v) is 4.61. The Balaban J connectivity index is 1.97. The second kappa shape index (κ2) is 4.47. The molecule has 98 valence electrons. The van der Waals surface area contributed by atoms with Gasteiger partial charge in [0.25, 0.3) is 0 Å². The molecule has 0 saturated carbocycles. The lowest BCUT2D eigenvalue weighted by molar-refractivity contribution is -0.115. The summed E-state index contributed by atoms with van der Waals surface area (Å²) in [5, 5.41) is 7.20. The van der Waals surface area contributed by atoms with Crippen molar-refractivity contribution in [3.63, 3.8) is 0 Å². The Kier molecular flexibility index (Phi) is 2.79. The molecule has 1 aliphatic rings. The minimum absolute atomic E-state index is 0.0324. The molecule has 6 nitrogen and oxygen atoms in total. The molecule has 19 heavy (non-hydrogen) atoms. The lowest BCUT2D eigenvalue weighted by Gasteiger charge is -2.00. The smallest absolute Gasteiger partial charge is 0.228 e. The fourth-order valence-corrected chi connectivity index (χ4v) is 2.25. The number of hydrogen-bond acceptors (Lipinski definition) is 4. The van der Waals surface area contributed by atoms with Gasteiger partial charge >= 0.3 is 0 Å². The van der Waals surface area contributed by atoms with Crippen LogP contribution in [0.15, 0.2) is 18.2 Å². The molecule has 2 aromatic rings. The van der Waals surface area contributed by atoms with Crippen molar-refractivity contribution in [1.29, 1.82) is 0 Å². The number of hydrogen-bond donors (Lipinski definition) is 2. The highest BCUT2D eigenvalue weighted by atomic mass is 16.1. The Bertz CT molecular complexity index is 646. The van der Waals surface area contributed by atoms with Crippen LogP contribution in [-0.2, 0) is 24.7 Å². The maximum absolute atomic E-state index is 11.3. The summed E-state index contributed by atoms with van der Waals surface area (Å²) < 4.78 is 1.75. The highest BCUT2D eigenvalue weighted by Crippen LogP contribution is 2.27. The van der Waals surface area contributed by atoms with Crippen LogP contribution in [0.4, 0.5) is 5.69 Å². The number of nitrogens with zero attached hydrogens (tertiary/aromatic N) is 3. The average Bonchev–Trinajstić information content (AvgIpc) is 2.91. The first kappa shape index (κ1) is 11.9. The highest BCUT2D eigenvalue weighted by molar-refractivity contribution is 5.99. The molecule has 2 heterocycles. The van der Waals surface area contributed by atoms with Crippen LogP contribution < -0.4 is 11.1 Å². The first-order chi connectivity index (χ1) is 9.17. The van der Waals surface area contributed by atoms with Gasteiger partial charge in [0.1, 0.15) is 5.82 Å². The predicted octanol–water partition coefficient (Wildman–Crippen LogP) is 0.478. The number of benzene rings is 1. The van der Waals surface area contributed by atoms with Gasteiger partial charge in [-0.25, -0.2) is 4.98 Å². The number of nitrogens with one attached hydrogen (secondary N) is 1. The standard InChI is InChI=1S/C13H15N5O/c1-18-11(4-5-14)16-13(17-18)8-2-3-10-9(6-8)7-12(19)15-10/h2-3,6H,4-5,7,14H2,1H3,(H,15,19). The fraction of sp³-hybridized carbons (Fsp3) is 0.308. The summed E-state index contributed by atoms with van der Waals surface area (Å²) in [6.07, 6.45) is 1.13. The summed E-state index contributed by atoms with van der Waals surface area (Å²) in [5.41, 5.74) is 8.34. The van der Waals surface area contributed by atoms with Gasteiger partial charge in [-0.05, 0) is 30.3 Å². The Morgan fingerprint density at radius 1 is 1.47 bits per heavy atom. The fourth-order valence-electron chi connectivity index (χ4n) is 2.25. The molecule has 0 atom stereocenters. The van der Waals surface area contributed by atoms with Crippen molar-refractivity contribution in [3.05, 3.63) is 29.6 Å². The van der Waals surface area contributed by atoms with E-state index in [0.29, 0.717) is 25.2 Å². The van der Waals surface area contributed by atoms with Crippen LogP contribution in [0.25, 0.3) is 11.4 Å². The lowest BCUT2D eigenvalue weighted by atomic mass is 10.1. The Hall–Kier alpha value is -2.21. The van der Waals surface area contributed by atoms with Crippen molar-refractivity contribution in [3.8, 4) is 11.4 Å². The lowest BCUT2D eigenvalue weighted by Crippen LogP contribution is -2.08. The van der Waals surface area contributed by atoms with Crippen molar-refractivity contribution in [2.24, 2.45) is 12.8 Å². The SMILES string of the molecule is Cn1nc(-c2ccc3c(c2)CC(=O)N3)nc1CCN. The number of carbonyl (C=O) groups is 1. The van der Waals surface area contributed by atoms with Gasteiger partial charge in [-0.2, -0.15) is 5.10 Å². The first-order valence-electron chi connectivity index (χ1n) is 6.20. The molecule has 1 aromatic heterocycles. The largest absolute Gasteiger partial charge is 0.330 e. The molecule has 3 N–H and O–H groups in total. The molecule has 3 rings (SSSR count). The van der Waals surface area contributed by atoms with Crippen LogP contribution in [0, 0.1) is 0 Å². The number of carbonyl (C=O) groups excluding carboxylic acids is 1. The number of aromatic nitrogens is 3. The highest BCUT2D eigenvalue weighted by Gasteiger charge is 2.19. The van der Waals surface area contributed by atoms with E-state index in [9.17, 15) is 4.79 Å². The van der Waals surface area contributed by atoms with E-state index in [-0.39, 0.29) is 5.91 Å². The summed E-state index contributed by atoms with van der Waals surface area (Å²) in [6, 6.07) is 5.79. The topological polar surface area (TPSA) is 85.8 Å². The molecule has 0 fully saturated rings. The zero-order chi connectivity index (χ0) is 13.4. The van der Waals surface area contributed by atoms with Crippen LogP contribution in [-0.4, -0.2) is 27.2 Å². The number of anilines is 1. The molecule has 0 radical (unpaired) electrons. The molecule has 0 spiro atoms. The molecule has 0 saturated heterocycles. The number of fused-ring (bicyclic) bond motifs is 1. The van der Waals surface area contributed by atoms with Gasteiger partial charge in [-0.1, -0.05) is 0 Å². The third kappa shape index (κ3) is 2.10. The molecule has 0 unspecified atom stereocenters. The summed E-state index contributed by atoms with van der Waals surface area (Å²) >= 11 is 0. The van der Waals surface area contributed by atoms with Crippen LogP contribution in [0.3, 0.4) is 0 Å². The van der Waals surface area contributed by atoms with Crippen molar-refractivity contribution < 1.29 is 4.79 Å². The van der Waals surface area contributed by atoms with E-state index < -0.39 is 0 Å². The van der Waals surface area contributed by atoms with Gasteiger partial charge in [-0.3, -0.25) is 9.48 Å². The monoisotopic (exact) mass is 257 g/mol. The van der Waals surface area contributed by atoms with Crippen molar-refractivity contribution in [2.45, 2.75) is 12.8 Å². The maximum atomic E-state index is 11.3. The van der Waals surface area contributed by atoms with E-state index in [1.807, 2.05) is 25.2 Å². The molecule has 0 bridgehead atoms. The maximum Gasteiger partial charge on any atom is 0.228 e. The van der Waals surface area contributed by atoms with Crippen LogP contribution in [0.1, 0.15) is 11.4 Å². The normalized spacial score (nSPS) is 13.5. The zero-order valence-electron chi connectivity index (χ0n) is 10.7. The van der Waals surface area contributed by atoms with Gasteiger partial charge in [0, 0.05) is 24.7 Å². The van der Waals surface area contributed by atoms with E-state index in [0.717, 1.165) is 22.6 Å². The van der Waals surface area contributed by atoms with Crippen molar-refractivity contribution >= 4 is 11.6 Å². The van der Waals surface area contributed by atoms with Crippen LogP contribution in [0.5, 0.6) is 0 Å². The minimum Gasteiger partial charge on any atom is -0.330 e. The summed E-state index contributed by atoms with van der Waals surface area (Å²) in [4.78, 5) is 15.8. The van der Waals surface area contributed by atoms with Crippen molar-refractivity contribution in [2.75, 3.05) is 11.9 Å². The van der Waals surface area contributed by atoms with E-state index >= 15 is 0 Å². The van der Waals surface area contributed by atoms with Gasteiger partial charge in [-0.15, -0.1) is 0 Å². The van der Waals surface area contributed by atoms with E-state index in [2.05, 4.69) is 15.4 Å². The Morgan fingerprint density at radius 3 is 3.11 bits per heavy atom. The van der Waals surface area contributed by atoms with Crippen LogP contribution >= 0.6 is 0 Å². The number of amides is 1. The summed E-state index contributed by atoms with van der Waals surface area (Å²) in [6.45, 7) is 0.550.